The number of aliphatic hydroxyl groups is 1. The Morgan fingerprint density at radius 1 is 1.33 bits per heavy atom. The molecular formula is C8H12F3N3O. The number of aryl methyl sites for hydroxylation is 2. The minimum Gasteiger partial charge on any atom is -0.379 e. The molecule has 0 aliphatic carbocycles. The number of aromatic nitrogens is 3. The Labute approximate surface area is 84.7 Å². The molecular weight excluding hydrogens is 211 g/mol. The lowest BCUT2D eigenvalue weighted by Gasteiger charge is -2.26. The summed E-state index contributed by atoms with van der Waals surface area (Å²) in [5.74, 6) is 0.725. The average Bonchev–Trinajstić information content (AvgIpc) is 2.26. The SMILES string of the molecule is Cc1nc(C)n(CC(C)(O)C(F)(F)F)n1. The second kappa shape index (κ2) is 3.48. The molecule has 7 heteroatoms. The Kier molecular flexibility index (Phi) is 2.77. The molecule has 15 heavy (non-hydrogen) atoms. The third-order valence-corrected chi connectivity index (χ3v) is 2.03. The molecule has 1 heterocycles. The monoisotopic (exact) mass is 223 g/mol. The van der Waals surface area contributed by atoms with Gasteiger partial charge < -0.3 is 5.11 Å². The summed E-state index contributed by atoms with van der Waals surface area (Å²) >= 11 is 0. The van der Waals surface area contributed by atoms with Crippen LogP contribution in [-0.4, -0.2) is 31.6 Å². The predicted octanol–water partition coefficient (Wildman–Crippen LogP) is 1.21. The van der Waals surface area contributed by atoms with Crippen LogP contribution in [0.1, 0.15) is 18.6 Å². The molecule has 0 aromatic carbocycles. The van der Waals surface area contributed by atoms with Crippen LogP contribution in [0.25, 0.3) is 0 Å². The number of hydrogen-bond donors (Lipinski definition) is 1. The van der Waals surface area contributed by atoms with E-state index in [2.05, 4.69) is 10.1 Å². The molecule has 86 valence electrons. The molecule has 1 N–H and O–H groups in total. The van der Waals surface area contributed by atoms with Gasteiger partial charge in [-0.3, -0.25) is 0 Å². The Morgan fingerprint density at radius 2 is 1.87 bits per heavy atom. The lowest BCUT2D eigenvalue weighted by molar-refractivity contribution is -0.258. The summed E-state index contributed by atoms with van der Waals surface area (Å²) in [5.41, 5.74) is -2.79. The van der Waals surface area contributed by atoms with E-state index < -0.39 is 18.3 Å². The third kappa shape index (κ3) is 2.47. The molecule has 1 rings (SSSR count). The molecule has 1 aromatic heterocycles. The summed E-state index contributed by atoms with van der Waals surface area (Å²) < 4.78 is 38.1. The van der Waals surface area contributed by atoms with Gasteiger partial charge in [0, 0.05) is 0 Å². The maximum atomic E-state index is 12.3. The largest absolute Gasteiger partial charge is 0.418 e. The molecule has 0 aliphatic rings. The molecule has 0 aliphatic heterocycles. The van der Waals surface area contributed by atoms with E-state index in [1.165, 1.54) is 6.92 Å². The zero-order valence-electron chi connectivity index (χ0n) is 8.63. The van der Waals surface area contributed by atoms with Crippen molar-refractivity contribution in [1.82, 2.24) is 14.8 Å². The maximum Gasteiger partial charge on any atom is 0.418 e. The maximum absolute atomic E-state index is 12.3. The topological polar surface area (TPSA) is 50.9 Å². The molecule has 0 saturated carbocycles. The van der Waals surface area contributed by atoms with Crippen LogP contribution < -0.4 is 0 Å². The van der Waals surface area contributed by atoms with Gasteiger partial charge in [0.1, 0.15) is 11.6 Å². The summed E-state index contributed by atoms with van der Waals surface area (Å²) in [5, 5.41) is 13.0. The van der Waals surface area contributed by atoms with E-state index in [0.29, 0.717) is 18.6 Å². The smallest absolute Gasteiger partial charge is 0.379 e. The molecule has 0 amide bonds. The lowest BCUT2D eigenvalue weighted by Crippen LogP contribution is -2.46. The van der Waals surface area contributed by atoms with Crippen LogP contribution in [0, 0.1) is 13.8 Å². The molecule has 4 nitrogen and oxygen atoms in total. The minimum atomic E-state index is -4.68. The minimum absolute atomic E-state index is 0.344. The number of halogens is 3. The predicted molar refractivity (Wildman–Crippen MR) is 46.2 cm³/mol. The van der Waals surface area contributed by atoms with Crippen molar-refractivity contribution in [1.29, 1.82) is 0 Å². The number of hydrogen-bond acceptors (Lipinski definition) is 3. The second-order valence-corrected chi connectivity index (χ2v) is 3.64. The summed E-state index contributed by atoms with van der Waals surface area (Å²) in [4.78, 5) is 3.85. The first-order chi connectivity index (χ1) is 6.63. The van der Waals surface area contributed by atoms with Crippen LogP contribution in [0.15, 0.2) is 0 Å². The Bertz CT molecular complexity index is 357. The van der Waals surface area contributed by atoms with Crippen LogP contribution in [0.3, 0.4) is 0 Å². The molecule has 0 bridgehead atoms. The highest BCUT2D eigenvalue weighted by molar-refractivity contribution is 4.91. The summed E-state index contributed by atoms with van der Waals surface area (Å²) in [6.45, 7) is 3.17. The third-order valence-electron chi connectivity index (χ3n) is 2.03. The van der Waals surface area contributed by atoms with E-state index in [9.17, 15) is 18.3 Å². The van der Waals surface area contributed by atoms with E-state index in [0.717, 1.165) is 4.68 Å². The van der Waals surface area contributed by atoms with Gasteiger partial charge in [-0.1, -0.05) is 0 Å². The van der Waals surface area contributed by atoms with Gasteiger partial charge in [0.05, 0.1) is 6.54 Å². The van der Waals surface area contributed by atoms with Gasteiger partial charge >= 0.3 is 6.18 Å². The van der Waals surface area contributed by atoms with Gasteiger partial charge in [-0.2, -0.15) is 18.3 Å². The van der Waals surface area contributed by atoms with Gasteiger partial charge in [0.25, 0.3) is 0 Å². The van der Waals surface area contributed by atoms with Gasteiger partial charge in [-0.25, -0.2) is 9.67 Å². The Balaban J connectivity index is 2.91. The fraction of sp³-hybridized carbons (Fsp3) is 0.750. The average molecular weight is 223 g/mol. The van der Waals surface area contributed by atoms with Crippen molar-refractivity contribution in [3.05, 3.63) is 11.6 Å². The number of rotatable bonds is 2. The lowest BCUT2D eigenvalue weighted by atomic mass is 10.1. The summed E-state index contributed by atoms with van der Waals surface area (Å²) in [7, 11) is 0. The highest BCUT2D eigenvalue weighted by Gasteiger charge is 2.50. The normalized spacial score (nSPS) is 16.5. The van der Waals surface area contributed by atoms with E-state index in [1.807, 2.05) is 0 Å². The van der Waals surface area contributed by atoms with Crippen molar-refractivity contribution in [3.8, 4) is 0 Å². The van der Waals surface area contributed by atoms with Crippen molar-refractivity contribution in [2.24, 2.45) is 0 Å². The standard InChI is InChI=1S/C8H12F3N3O/c1-5-12-6(2)14(13-5)4-7(3,15)8(9,10)11/h15H,4H2,1-3H3. The first-order valence-corrected chi connectivity index (χ1v) is 4.30. The molecule has 0 fully saturated rings. The zero-order valence-corrected chi connectivity index (χ0v) is 8.63. The first kappa shape index (κ1) is 12.0. The highest BCUT2D eigenvalue weighted by Crippen LogP contribution is 2.31. The van der Waals surface area contributed by atoms with Gasteiger partial charge in [0.15, 0.2) is 5.60 Å². The van der Waals surface area contributed by atoms with E-state index in [1.54, 1.807) is 6.92 Å². The van der Waals surface area contributed by atoms with Crippen LogP contribution in [0.4, 0.5) is 13.2 Å². The van der Waals surface area contributed by atoms with Gasteiger partial charge in [0.2, 0.25) is 0 Å². The van der Waals surface area contributed by atoms with Crippen LogP contribution in [0.5, 0.6) is 0 Å². The molecule has 0 spiro atoms. The van der Waals surface area contributed by atoms with Crippen LogP contribution >= 0.6 is 0 Å². The number of nitrogens with zero attached hydrogens (tertiary/aromatic N) is 3. The Hall–Kier alpha value is -1.11. The molecule has 1 atom stereocenters. The van der Waals surface area contributed by atoms with E-state index >= 15 is 0 Å². The first-order valence-electron chi connectivity index (χ1n) is 4.30. The van der Waals surface area contributed by atoms with Crippen molar-refractivity contribution >= 4 is 0 Å². The van der Waals surface area contributed by atoms with Crippen molar-refractivity contribution in [3.63, 3.8) is 0 Å². The fourth-order valence-electron chi connectivity index (χ4n) is 1.09. The summed E-state index contributed by atoms with van der Waals surface area (Å²) in [6.07, 6.45) is -4.68. The quantitative estimate of drug-likeness (QED) is 0.819. The molecule has 0 saturated heterocycles. The molecule has 1 unspecified atom stereocenters. The van der Waals surface area contributed by atoms with Gasteiger partial charge in [-0.15, -0.1) is 0 Å². The van der Waals surface area contributed by atoms with Crippen LogP contribution in [-0.2, 0) is 6.54 Å². The van der Waals surface area contributed by atoms with E-state index in [-0.39, 0.29) is 0 Å². The summed E-state index contributed by atoms with van der Waals surface area (Å²) in [6, 6.07) is 0. The van der Waals surface area contributed by atoms with Gasteiger partial charge in [-0.05, 0) is 20.8 Å². The Morgan fingerprint density at radius 3 is 2.20 bits per heavy atom. The molecule has 0 radical (unpaired) electrons. The zero-order chi connectivity index (χ0) is 11.9. The second-order valence-electron chi connectivity index (χ2n) is 3.64. The number of alkyl halides is 3. The van der Waals surface area contributed by atoms with Crippen LogP contribution in [0.2, 0.25) is 0 Å². The van der Waals surface area contributed by atoms with Crippen molar-refractivity contribution in [2.45, 2.75) is 39.1 Å². The highest BCUT2D eigenvalue weighted by atomic mass is 19.4. The fourth-order valence-corrected chi connectivity index (χ4v) is 1.09. The van der Waals surface area contributed by atoms with Crippen molar-refractivity contribution < 1.29 is 18.3 Å². The van der Waals surface area contributed by atoms with Crippen molar-refractivity contribution in [2.75, 3.05) is 0 Å². The molecule has 1 aromatic rings. The van der Waals surface area contributed by atoms with E-state index in [4.69, 9.17) is 0 Å².